The van der Waals surface area contributed by atoms with Crippen molar-refractivity contribution in [2.24, 2.45) is 0 Å². The predicted molar refractivity (Wildman–Crippen MR) is 100 cm³/mol. The normalized spacial score (nSPS) is 16.1. The topological polar surface area (TPSA) is 70.2 Å². The van der Waals surface area contributed by atoms with Gasteiger partial charge in [0.15, 0.2) is 0 Å². The van der Waals surface area contributed by atoms with Gasteiger partial charge in [0.05, 0.1) is 0 Å². The fraction of sp³-hybridized carbons (Fsp3) is 0.421. The molecule has 2 amide bonds. The van der Waals surface area contributed by atoms with Gasteiger partial charge in [0.1, 0.15) is 0 Å². The molecule has 1 atom stereocenters. The van der Waals surface area contributed by atoms with Crippen LogP contribution in [-0.2, 0) is 12.8 Å². The summed E-state index contributed by atoms with van der Waals surface area (Å²) in [6.07, 6.45) is 4.39. The fourth-order valence-corrected chi connectivity index (χ4v) is 3.01. The van der Waals surface area contributed by atoms with Crippen molar-refractivity contribution in [3.05, 3.63) is 46.8 Å². The van der Waals surface area contributed by atoms with E-state index in [0.29, 0.717) is 0 Å². The maximum atomic E-state index is 12.3. The number of carbonyl (C=O) groups is 1. The van der Waals surface area contributed by atoms with E-state index in [2.05, 4.69) is 27.5 Å². The van der Waals surface area contributed by atoms with Crippen LogP contribution in [0.1, 0.15) is 28.8 Å². The number of aryl methyl sites for hydroxylation is 3. The average Bonchev–Trinajstić information content (AvgIpc) is 2.57. The first-order valence-corrected chi connectivity index (χ1v) is 8.59. The number of anilines is 2. The number of hydrogen-bond donors (Lipinski definition) is 2. The zero-order chi connectivity index (χ0) is 18.0. The van der Waals surface area contributed by atoms with Crippen molar-refractivity contribution in [2.75, 3.05) is 24.3 Å². The van der Waals surface area contributed by atoms with E-state index < -0.39 is 0 Å². The largest absolute Gasteiger partial charge is 0.347 e. The molecular weight excluding hydrogens is 314 g/mol. The van der Waals surface area contributed by atoms with Crippen molar-refractivity contribution in [1.82, 2.24) is 15.3 Å². The maximum absolute atomic E-state index is 12.3. The summed E-state index contributed by atoms with van der Waals surface area (Å²) in [4.78, 5) is 23.2. The fourth-order valence-electron chi connectivity index (χ4n) is 3.01. The minimum atomic E-state index is -0.164. The van der Waals surface area contributed by atoms with Gasteiger partial charge in [-0.2, -0.15) is 0 Å². The van der Waals surface area contributed by atoms with Crippen molar-refractivity contribution >= 4 is 17.7 Å². The van der Waals surface area contributed by atoms with Gasteiger partial charge in [-0.15, -0.1) is 0 Å². The molecule has 0 saturated heterocycles. The van der Waals surface area contributed by atoms with Crippen LogP contribution in [0, 0.1) is 13.8 Å². The molecule has 1 aliphatic rings. The summed E-state index contributed by atoms with van der Waals surface area (Å²) >= 11 is 0. The molecule has 132 valence electrons. The van der Waals surface area contributed by atoms with Crippen LogP contribution in [0.25, 0.3) is 0 Å². The van der Waals surface area contributed by atoms with Gasteiger partial charge in [0, 0.05) is 37.7 Å². The molecule has 1 aromatic carbocycles. The zero-order valence-electron chi connectivity index (χ0n) is 15.3. The van der Waals surface area contributed by atoms with Crippen molar-refractivity contribution in [3.8, 4) is 0 Å². The number of rotatable bonds is 3. The second kappa shape index (κ2) is 7.09. The van der Waals surface area contributed by atoms with Crippen molar-refractivity contribution in [1.29, 1.82) is 0 Å². The van der Waals surface area contributed by atoms with E-state index in [-0.39, 0.29) is 12.1 Å². The van der Waals surface area contributed by atoms with Crippen LogP contribution < -0.4 is 15.5 Å². The second-order valence-corrected chi connectivity index (χ2v) is 6.87. The Balaban J connectivity index is 1.60. The Kier molecular flexibility index (Phi) is 4.88. The van der Waals surface area contributed by atoms with Gasteiger partial charge in [-0.3, -0.25) is 0 Å². The Morgan fingerprint density at radius 2 is 2.04 bits per heavy atom. The molecule has 1 aliphatic carbocycles. The predicted octanol–water partition coefficient (Wildman–Crippen LogP) is 2.84. The molecule has 1 heterocycles. The first kappa shape index (κ1) is 17.2. The number of hydrogen-bond acceptors (Lipinski definition) is 4. The summed E-state index contributed by atoms with van der Waals surface area (Å²) in [5.74, 6) is 0.734. The number of benzene rings is 1. The van der Waals surface area contributed by atoms with Crippen LogP contribution in [0.5, 0.6) is 0 Å². The minimum absolute atomic E-state index is 0.104. The number of amides is 2. The van der Waals surface area contributed by atoms with Gasteiger partial charge < -0.3 is 15.5 Å². The second-order valence-electron chi connectivity index (χ2n) is 6.87. The summed E-state index contributed by atoms with van der Waals surface area (Å²) in [5, 5.41) is 5.98. The van der Waals surface area contributed by atoms with Gasteiger partial charge >= 0.3 is 6.03 Å². The first-order valence-electron chi connectivity index (χ1n) is 8.59. The standard InChI is InChI=1S/C19H25N5O/c1-12-5-6-15(9-13(12)2)21-19(25)22-16-7-8-17-14(10-16)11-20-18(23-17)24(3)4/h5-6,9,11,16H,7-8,10H2,1-4H3,(H2,21,22,25)/t16-/m1/s1. The maximum Gasteiger partial charge on any atom is 0.319 e. The van der Waals surface area contributed by atoms with Gasteiger partial charge in [0.2, 0.25) is 5.95 Å². The Morgan fingerprint density at radius 3 is 2.76 bits per heavy atom. The molecule has 0 saturated carbocycles. The molecule has 0 bridgehead atoms. The number of urea groups is 1. The van der Waals surface area contributed by atoms with Crippen molar-refractivity contribution < 1.29 is 4.79 Å². The van der Waals surface area contributed by atoms with Crippen LogP contribution in [-0.4, -0.2) is 36.1 Å². The highest BCUT2D eigenvalue weighted by Gasteiger charge is 2.22. The Hall–Kier alpha value is -2.63. The molecule has 0 radical (unpaired) electrons. The third-order valence-corrected chi connectivity index (χ3v) is 4.64. The lowest BCUT2D eigenvalue weighted by Gasteiger charge is -2.25. The molecule has 3 rings (SSSR count). The molecule has 2 aromatic rings. The van der Waals surface area contributed by atoms with E-state index >= 15 is 0 Å². The molecule has 25 heavy (non-hydrogen) atoms. The summed E-state index contributed by atoms with van der Waals surface area (Å²) in [6, 6.07) is 5.87. The van der Waals surface area contributed by atoms with Gasteiger partial charge in [-0.05, 0) is 61.9 Å². The van der Waals surface area contributed by atoms with E-state index in [1.165, 1.54) is 11.1 Å². The molecule has 0 unspecified atom stereocenters. The highest BCUT2D eigenvalue weighted by Crippen LogP contribution is 2.21. The van der Waals surface area contributed by atoms with Crippen LogP contribution in [0.15, 0.2) is 24.4 Å². The van der Waals surface area contributed by atoms with Crippen LogP contribution in [0.3, 0.4) is 0 Å². The van der Waals surface area contributed by atoms with Crippen LogP contribution in [0.4, 0.5) is 16.4 Å². The van der Waals surface area contributed by atoms with Crippen molar-refractivity contribution in [3.63, 3.8) is 0 Å². The smallest absolute Gasteiger partial charge is 0.319 e. The van der Waals surface area contributed by atoms with Crippen molar-refractivity contribution in [2.45, 2.75) is 39.2 Å². The third kappa shape index (κ3) is 4.07. The SMILES string of the molecule is Cc1ccc(NC(=O)N[C@@H]2CCc3nc(N(C)C)ncc3C2)cc1C. The number of fused-ring (bicyclic) bond motifs is 1. The highest BCUT2D eigenvalue weighted by molar-refractivity contribution is 5.89. The lowest BCUT2D eigenvalue weighted by molar-refractivity contribution is 0.247. The first-order chi connectivity index (χ1) is 11.9. The summed E-state index contributed by atoms with van der Waals surface area (Å²) in [7, 11) is 3.87. The van der Waals surface area contributed by atoms with E-state index in [1.807, 2.05) is 50.3 Å². The lowest BCUT2D eigenvalue weighted by Crippen LogP contribution is -2.41. The highest BCUT2D eigenvalue weighted by atomic mass is 16.2. The Labute approximate surface area is 148 Å². The molecule has 6 nitrogen and oxygen atoms in total. The molecule has 0 spiro atoms. The molecule has 2 N–H and O–H groups in total. The Bertz CT molecular complexity index is 787. The van der Waals surface area contributed by atoms with E-state index in [4.69, 9.17) is 0 Å². The van der Waals surface area contributed by atoms with Gasteiger partial charge in [-0.1, -0.05) is 6.07 Å². The van der Waals surface area contributed by atoms with Gasteiger partial charge in [-0.25, -0.2) is 14.8 Å². The average molecular weight is 339 g/mol. The molecule has 1 aromatic heterocycles. The van der Waals surface area contributed by atoms with Crippen LogP contribution in [0.2, 0.25) is 0 Å². The van der Waals surface area contributed by atoms with E-state index in [9.17, 15) is 4.79 Å². The monoisotopic (exact) mass is 339 g/mol. The summed E-state index contributed by atoms with van der Waals surface area (Å²) in [5.41, 5.74) is 5.40. The zero-order valence-corrected chi connectivity index (χ0v) is 15.3. The summed E-state index contributed by atoms with van der Waals surface area (Å²) in [6.45, 7) is 4.10. The van der Waals surface area contributed by atoms with Crippen LogP contribution >= 0.6 is 0 Å². The number of nitrogens with one attached hydrogen (secondary N) is 2. The number of aromatic nitrogens is 2. The number of nitrogens with zero attached hydrogens (tertiary/aromatic N) is 3. The lowest BCUT2D eigenvalue weighted by atomic mass is 9.93. The van der Waals surface area contributed by atoms with E-state index in [0.717, 1.165) is 42.2 Å². The summed E-state index contributed by atoms with van der Waals surface area (Å²) < 4.78 is 0. The molecular formula is C19H25N5O. The molecule has 0 fully saturated rings. The quantitative estimate of drug-likeness (QED) is 0.902. The number of carbonyl (C=O) groups excluding carboxylic acids is 1. The third-order valence-electron chi connectivity index (χ3n) is 4.64. The Morgan fingerprint density at radius 1 is 1.24 bits per heavy atom. The van der Waals surface area contributed by atoms with E-state index in [1.54, 1.807) is 0 Å². The molecule has 6 heteroatoms. The minimum Gasteiger partial charge on any atom is -0.347 e. The molecule has 0 aliphatic heterocycles. The van der Waals surface area contributed by atoms with Gasteiger partial charge in [0.25, 0.3) is 0 Å².